The molecule has 188 valence electrons. The number of fused-ring (bicyclic) bond motifs is 1. The van der Waals surface area contributed by atoms with Crippen LogP contribution >= 0.6 is 0 Å². The van der Waals surface area contributed by atoms with Crippen LogP contribution in [0.3, 0.4) is 0 Å². The van der Waals surface area contributed by atoms with E-state index in [4.69, 9.17) is 4.98 Å². The molecule has 1 fully saturated rings. The summed E-state index contributed by atoms with van der Waals surface area (Å²) in [5, 5.41) is 0. The number of carbonyl (C=O) groups excluding carboxylic acids is 1. The van der Waals surface area contributed by atoms with Crippen LogP contribution in [0.25, 0.3) is 11.0 Å². The van der Waals surface area contributed by atoms with Gasteiger partial charge in [0.15, 0.2) is 0 Å². The minimum absolute atomic E-state index is 0.102. The minimum Gasteiger partial charge on any atom is -0.331 e. The monoisotopic (exact) mass is 474 g/mol. The number of nitrogens with zero attached hydrogens (tertiary/aromatic N) is 4. The number of benzene rings is 2. The molecular weight excluding hydrogens is 432 g/mol. The Bertz CT molecular complexity index is 1130. The van der Waals surface area contributed by atoms with E-state index in [0.717, 1.165) is 36.4 Å². The maximum Gasteiger partial charge on any atom is 0.254 e. The highest BCUT2D eigenvalue weighted by molar-refractivity contribution is 5.94. The molecule has 1 aromatic heterocycles. The summed E-state index contributed by atoms with van der Waals surface area (Å²) in [6.07, 6.45) is 5.90. The van der Waals surface area contributed by atoms with Crippen molar-refractivity contribution >= 4 is 16.9 Å². The fraction of sp³-hybridized carbons (Fsp3) is 0.533. The lowest BCUT2D eigenvalue weighted by atomic mass is 10.1. The Hall–Kier alpha value is -2.66. The van der Waals surface area contributed by atoms with Crippen LogP contribution in [0.1, 0.15) is 87.6 Å². The third-order valence-corrected chi connectivity index (χ3v) is 7.44. The molecule has 1 amide bonds. The first kappa shape index (κ1) is 25.4. The third kappa shape index (κ3) is 6.13. The molecule has 3 aromatic rings. The molecule has 4 rings (SSSR count). The summed E-state index contributed by atoms with van der Waals surface area (Å²) in [7, 11) is 2.13. The Kier molecular flexibility index (Phi) is 8.27. The van der Waals surface area contributed by atoms with E-state index in [9.17, 15) is 4.79 Å². The lowest BCUT2D eigenvalue weighted by Gasteiger charge is -2.26. The number of imidazole rings is 1. The first-order valence-electron chi connectivity index (χ1n) is 13.4. The minimum atomic E-state index is 0.102. The first-order chi connectivity index (χ1) is 16.8. The summed E-state index contributed by atoms with van der Waals surface area (Å²) in [4.78, 5) is 23.2. The number of rotatable bonds is 10. The fourth-order valence-corrected chi connectivity index (χ4v) is 5.07. The molecule has 0 saturated heterocycles. The van der Waals surface area contributed by atoms with E-state index >= 15 is 0 Å². The zero-order chi connectivity index (χ0) is 24.9. The molecule has 0 radical (unpaired) electrons. The number of carbonyl (C=O) groups is 1. The van der Waals surface area contributed by atoms with Gasteiger partial charge in [-0.25, -0.2) is 4.98 Å². The van der Waals surface area contributed by atoms with E-state index in [1.807, 2.05) is 17.0 Å². The quantitative estimate of drug-likeness (QED) is 0.329. The fourth-order valence-electron chi connectivity index (χ4n) is 5.07. The molecule has 1 saturated carbocycles. The van der Waals surface area contributed by atoms with Gasteiger partial charge in [0, 0.05) is 30.7 Å². The van der Waals surface area contributed by atoms with E-state index in [-0.39, 0.29) is 5.91 Å². The molecular formula is C30H42N4O. The van der Waals surface area contributed by atoms with E-state index in [1.165, 1.54) is 36.8 Å². The van der Waals surface area contributed by atoms with Crippen molar-refractivity contribution in [2.45, 2.75) is 85.0 Å². The average Bonchev–Trinajstić information content (AvgIpc) is 3.48. The van der Waals surface area contributed by atoms with Gasteiger partial charge in [0.1, 0.15) is 5.82 Å². The van der Waals surface area contributed by atoms with Crippen LogP contribution in [0.15, 0.2) is 48.5 Å². The molecule has 0 N–H and O–H groups in total. The Balaban J connectivity index is 1.64. The van der Waals surface area contributed by atoms with E-state index in [2.05, 4.69) is 80.6 Å². The summed E-state index contributed by atoms with van der Waals surface area (Å²) in [5.74, 6) is 1.65. The summed E-state index contributed by atoms with van der Waals surface area (Å²) in [5.41, 5.74) is 4.18. The van der Waals surface area contributed by atoms with Crippen LogP contribution in [0.4, 0.5) is 0 Å². The highest BCUT2D eigenvalue weighted by atomic mass is 16.2. The zero-order valence-electron chi connectivity index (χ0n) is 22.2. The lowest BCUT2D eigenvalue weighted by molar-refractivity contribution is 0.0728. The lowest BCUT2D eigenvalue weighted by Crippen LogP contribution is -2.33. The second-order valence-electron chi connectivity index (χ2n) is 10.9. The summed E-state index contributed by atoms with van der Waals surface area (Å²) >= 11 is 0. The molecule has 5 nitrogen and oxygen atoms in total. The summed E-state index contributed by atoms with van der Waals surface area (Å²) in [6, 6.07) is 17.5. The molecule has 1 aliphatic rings. The van der Waals surface area contributed by atoms with Gasteiger partial charge in [0.25, 0.3) is 5.91 Å². The van der Waals surface area contributed by atoms with Gasteiger partial charge in [0.05, 0.1) is 17.6 Å². The smallest absolute Gasteiger partial charge is 0.254 e. The van der Waals surface area contributed by atoms with Crippen LogP contribution in [0.5, 0.6) is 0 Å². The Labute approximate surface area is 211 Å². The van der Waals surface area contributed by atoms with Crippen molar-refractivity contribution < 1.29 is 4.79 Å². The second kappa shape index (κ2) is 11.4. The molecule has 0 bridgehead atoms. The van der Waals surface area contributed by atoms with Gasteiger partial charge in [-0.1, -0.05) is 51.0 Å². The van der Waals surface area contributed by atoms with E-state index in [0.29, 0.717) is 24.5 Å². The van der Waals surface area contributed by atoms with Crippen molar-refractivity contribution in [3.05, 3.63) is 65.5 Å². The molecule has 0 unspecified atom stereocenters. The van der Waals surface area contributed by atoms with Crippen LogP contribution in [0, 0.1) is 5.92 Å². The summed E-state index contributed by atoms with van der Waals surface area (Å²) in [6.45, 7) is 10.9. The molecule has 0 aliphatic heterocycles. The maximum atomic E-state index is 13.9. The number of aromatic nitrogens is 2. The van der Waals surface area contributed by atoms with Crippen LogP contribution < -0.4 is 0 Å². The highest BCUT2D eigenvalue weighted by Crippen LogP contribution is 2.34. The van der Waals surface area contributed by atoms with Crippen molar-refractivity contribution in [2.75, 3.05) is 13.6 Å². The van der Waals surface area contributed by atoms with Crippen molar-refractivity contribution in [3.8, 4) is 0 Å². The van der Waals surface area contributed by atoms with Crippen LogP contribution in [0.2, 0.25) is 0 Å². The standard InChI is InChI=1S/C30H42N4O/c1-22(2)17-18-33(30(35)25-12-10-11-24(19-25)20-32(5)23(3)4)21-29-31-27-15-8-9-16-28(27)34(29)26-13-6-7-14-26/h8-12,15-16,19,22-23,26H,6-7,13-14,17-18,20-21H2,1-5H3. The van der Waals surface area contributed by atoms with Gasteiger partial charge in [-0.2, -0.15) is 0 Å². The molecule has 0 spiro atoms. The average molecular weight is 475 g/mol. The molecule has 0 atom stereocenters. The number of hydrogen-bond acceptors (Lipinski definition) is 3. The van der Waals surface area contributed by atoms with Gasteiger partial charge in [-0.15, -0.1) is 0 Å². The van der Waals surface area contributed by atoms with Crippen molar-refractivity contribution in [1.29, 1.82) is 0 Å². The molecule has 35 heavy (non-hydrogen) atoms. The SMILES string of the molecule is CC(C)CCN(Cc1nc2ccccc2n1C1CCCC1)C(=O)c1cccc(CN(C)C(C)C)c1. The molecule has 1 heterocycles. The number of para-hydroxylation sites is 2. The Morgan fingerprint density at radius 3 is 2.49 bits per heavy atom. The molecule has 2 aromatic carbocycles. The van der Waals surface area contributed by atoms with Gasteiger partial charge >= 0.3 is 0 Å². The van der Waals surface area contributed by atoms with Gasteiger partial charge in [-0.05, 0) is 75.9 Å². The molecule has 1 aliphatic carbocycles. The van der Waals surface area contributed by atoms with Crippen molar-refractivity contribution in [3.63, 3.8) is 0 Å². The second-order valence-corrected chi connectivity index (χ2v) is 10.9. The van der Waals surface area contributed by atoms with Gasteiger partial charge in [0.2, 0.25) is 0 Å². The Morgan fingerprint density at radius 2 is 1.77 bits per heavy atom. The number of hydrogen-bond donors (Lipinski definition) is 0. The zero-order valence-corrected chi connectivity index (χ0v) is 22.2. The summed E-state index contributed by atoms with van der Waals surface area (Å²) < 4.78 is 2.44. The van der Waals surface area contributed by atoms with Crippen molar-refractivity contribution in [1.82, 2.24) is 19.4 Å². The molecule has 5 heteroatoms. The maximum absolute atomic E-state index is 13.9. The highest BCUT2D eigenvalue weighted by Gasteiger charge is 2.25. The van der Waals surface area contributed by atoms with Gasteiger partial charge in [-0.3, -0.25) is 9.69 Å². The normalized spacial score (nSPS) is 14.6. The van der Waals surface area contributed by atoms with Crippen LogP contribution in [-0.2, 0) is 13.1 Å². The van der Waals surface area contributed by atoms with E-state index < -0.39 is 0 Å². The topological polar surface area (TPSA) is 41.4 Å². The first-order valence-corrected chi connectivity index (χ1v) is 13.4. The van der Waals surface area contributed by atoms with Gasteiger partial charge < -0.3 is 9.47 Å². The van der Waals surface area contributed by atoms with Crippen LogP contribution in [-0.4, -0.2) is 44.9 Å². The third-order valence-electron chi connectivity index (χ3n) is 7.44. The van der Waals surface area contributed by atoms with E-state index in [1.54, 1.807) is 0 Å². The van der Waals surface area contributed by atoms with Crippen molar-refractivity contribution in [2.24, 2.45) is 5.92 Å². The largest absolute Gasteiger partial charge is 0.331 e. The predicted molar refractivity (Wildman–Crippen MR) is 144 cm³/mol. The predicted octanol–water partition coefficient (Wildman–Crippen LogP) is 6.68. The number of amides is 1. The Morgan fingerprint density at radius 1 is 1.03 bits per heavy atom.